The normalized spacial score (nSPS) is 16.9. The van der Waals surface area contributed by atoms with Crippen LogP contribution in [0.4, 0.5) is 0 Å². The first-order chi connectivity index (χ1) is 9.86. The summed E-state index contributed by atoms with van der Waals surface area (Å²) < 4.78 is 5.99. The average molecular weight is 285 g/mol. The van der Waals surface area contributed by atoms with Gasteiger partial charge in [-0.15, -0.1) is 11.8 Å². The zero-order chi connectivity index (χ0) is 13.8. The van der Waals surface area contributed by atoms with E-state index in [9.17, 15) is 0 Å². The van der Waals surface area contributed by atoms with Crippen LogP contribution >= 0.6 is 11.8 Å². The van der Waals surface area contributed by atoms with E-state index in [0.717, 1.165) is 24.7 Å². The minimum atomic E-state index is 0.504. The maximum atomic E-state index is 5.99. The smallest absolute Gasteiger partial charge is 0.119 e. The number of rotatable bonds is 5. The molecule has 0 fully saturated rings. The van der Waals surface area contributed by atoms with Crippen LogP contribution in [-0.2, 0) is 6.54 Å². The first-order valence-corrected chi connectivity index (χ1v) is 7.93. The Labute approximate surface area is 124 Å². The molecule has 3 rings (SSSR count). The van der Waals surface area contributed by atoms with E-state index in [1.165, 1.54) is 16.0 Å². The quantitative estimate of drug-likeness (QED) is 0.905. The van der Waals surface area contributed by atoms with Gasteiger partial charge in [-0.25, -0.2) is 0 Å². The topological polar surface area (TPSA) is 21.3 Å². The third kappa shape index (κ3) is 3.00. The molecule has 1 unspecified atom stereocenters. The predicted molar refractivity (Wildman–Crippen MR) is 84.6 cm³/mol. The van der Waals surface area contributed by atoms with E-state index >= 15 is 0 Å². The van der Waals surface area contributed by atoms with Crippen LogP contribution in [0.25, 0.3) is 0 Å². The van der Waals surface area contributed by atoms with Gasteiger partial charge in [0.05, 0.1) is 6.61 Å². The van der Waals surface area contributed by atoms with Crippen molar-refractivity contribution in [2.45, 2.75) is 17.4 Å². The molecular weight excluding hydrogens is 266 g/mol. The molecule has 2 aromatic rings. The molecule has 0 spiro atoms. The summed E-state index contributed by atoms with van der Waals surface area (Å²) in [6.45, 7) is 1.63. The number of hydrogen-bond donors (Lipinski definition) is 1. The third-order valence-corrected chi connectivity index (χ3v) is 4.78. The van der Waals surface area contributed by atoms with E-state index in [1.807, 2.05) is 24.9 Å². The van der Waals surface area contributed by atoms with Crippen molar-refractivity contribution in [2.24, 2.45) is 0 Å². The molecule has 1 N–H and O–H groups in total. The van der Waals surface area contributed by atoms with Gasteiger partial charge >= 0.3 is 0 Å². The van der Waals surface area contributed by atoms with Crippen molar-refractivity contribution in [2.75, 3.05) is 19.4 Å². The molecule has 0 bridgehead atoms. The van der Waals surface area contributed by atoms with Crippen LogP contribution in [0.15, 0.2) is 53.4 Å². The van der Waals surface area contributed by atoms with Gasteiger partial charge in [-0.3, -0.25) is 0 Å². The molecule has 1 aliphatic rings. The van der Waals surface area contributed by atoms with Crippen LogP contribution in [-0.4, -0.2) is 19.4 Å². The van der Waals surface area contributed by atoms with Crippen molar-refractivity contribution in [3.05, 3.63) is 59.7 Å². The van der Waals surface area contributed by atoms with Gasteiger partial charge in [0.25, 0.3) is 0 Å². The lowest BCUT2D eigenvalue weighted by molar-refractivity contribution is 0.297. The summed E-state index contributed by atoms with van der Waals surface area (Å²) in [6.07, 6.45) is 0. The summed E-state index contributed by atoms with van der Waals surface area (Å²) in [5.41, 5.74) is 2.69. The third-order valence-electron chi connectivity index (χ3n) is 3.53. The fraction of sp³-hybridized carbons (Fsp3) is 0.294. The Kier molecular flexibility index (Phi) is 4.28. The summed E-state index contributed by atoms with van der Waals surface area (Å²) in [5.74, 6) is 2.59. The van der Waals surface area contributed by atoms with Gasteiger partial charge in [-0.05, 0) is 36.4 Å². The Morgan fingerprint density at radius 3 is 3.00 bits per heavy atom. The highest BCUT2D eigenvalue weighted by Crippen LogP contribution is 2.39. The van der Waals surface area contributed by atoms with Crippen molar-refractivity contribution < 1.29 is 4.74 Å². The standard InChI is InChI=1S/C17H19NOS/c1-18-10-13-5-4-6-15(9-13)19-11-14-12-20-17-8-3-2-7-16(14)17/h2-9,14,18H,10-12H2,1H3. The van der Waals surface area contributed by atoms with Gasteiger partial charge in [0.15, 0.2) is 0 Å². The van der Waals surface area contributed by atoms with Gasteiger partial charge < -0.3 is 10.1 Å². The van der Waals surface area contributed by atoms with Crippen LogP contribution in [0.5, 0.6) is 5.75 Å². The number of ether oxygens (including phenoxy) is 1. The first kappa shape index (κ1) is 13.5. The van der Waals surface area contributed by atoms with E-state index in [1.54, 1.807) is 0 Å². The largest absolute Gasteiger partial charge is 0.493 e. The monoisotopic (exact) mass is 285 g/mol. The van der Waals surface area contributed by atoms with E-state index in [-0.39, 0.29) is 0 Å². The Morgan fingerprint density at radius 2 is 2.10 bits per heavy atom. The Balaban J connectivity index is 1.64. The first-order valence-electron chi connectivity index (χ1n) is 6.95. The van der Waals surface area contributed by atoms with Gasteiger partial charge in [-0.1, -0.05) is 30.3 Å². The zero-order valence-corrected chi connectivity index (χ0v) is 12.5. The second kappa shape index (κ2) is 6.33. The highest BCUT2D eigenvalue weighted by molar-refractivity contribution is 7.99. The fourth-order valence-corrected chi connectivity index (χ4v) is 3.75. The maximum absolute atomic E-state index is 5.99. The van der Waals surface area contributed by atoms with Gasteiger partial charge in [0.1, 0.15) is 5.75 Å². The highest BCUT2D eigenvalue weighted by Gasteiger charge is 2.23. The Bertz CT molecular complexity index is 585. The minimum Gasteiger partial charge on any atom is -0.493 e. The number of benzene rings is 2. The van der Waals surface area contributed by atoms with Crippen LogP contribution in [0.2, 0.25) is 0 Å². The lowest BCUT2D eigenvalue weighted by Crippen LogP contribution is -2.10. The molecule has 0 saturated carbocycles. The number of thioether (sulfide) groups is 1. The second-order valence-electron chi connectivity index (χ2n) is 5.03. The lowest BCUT2D eigenvalue weighted by Gasteiger charge is -2.13. The molecule has 0 saturated heterocycles. The van der Waals surface area contributed by atoms with E-state index in [4.69, 9.17) is 4.74 Å². The predicted octanol–water partition coefficient (Wildman–Crippen LogP) is 3.67. The van der Waals surface area contributed by atoms with E-state index in [0.29, 0.717) is 5.92 Å². The van der Waals surface area contributed by atoms with Crippen LogP contribution in [0.1, 0.15) is 17.0 Å². The van der Waals surface area contributed by atoms with Gasteiger partial charge in [0.2, 0.25) is 0 Å². The van der Waals surface area contributed by atoms with Crippen LogP contribution < -0.4 is 10.1 Å². The number of nitrogens with one attached hydrogen (secondary N) is 1. The summed E-state index contributed by atoms with van der Waals surface area (Å²) in [5, 5.41) is 3.16. The summed E-state index contributed by atoms with van der Waals surface area (Å²) >= 11 is 1.93. The van der Waals surface area contributed by atoms with Crippen molar-refractivity contribution in [1.82, 2.24) is 5.32 Å². The molecule has 2 aromatic carbocycles. The molecule has 2 nitrogen and oxygen atoms in total. The summed E-state index contributed by atoms with van der Waals surface area (Å²) in [4.78, 5) is 1.41. The molecule has 3 heteroatoms. The van der Waals surface area contributed by atoms with Crippen molar-refractivity contribution in [3.63, 3.8) is 0 Å². The van der Waals surface area contributed by atoms with Crippen LogP contribution in [0.3, 0.4) is 0 Å². The number of fused-ring (bicyclic) bond motifs is 1. The SMILES string of the molecule is CNCc1cccc(OCC2CSc3ccccc32)c1. The van der Waals surface area contributed by atoms with E-state index < -0.39 is 0 Å². The summed E-state index contributed by atoms with van der Waals surface area (Å²) in [6, 6.07) is 17.0. The fourth-order valence-electron chi connectivity index (χ4n) is 2.51. The van der Waals surface area contributed by atoms with Crippen molar-refractivity contribution in [3.8, 4) is 5.75 Å². The summed E-state index contributed by atoms with van der Waals surface area (Å²) in [7, 11) is 1.96. The van der Waals surface area contributed by atoms with E-state index in [2.05, 4.69) is 47.8 Å². The molecule has 104 valence electrons. The molecular formula is C17H19NOS. The molecule has 0 amide bonds. The Hall–Kier alpha value is -1.45. The van der Waals surface area contributed by atoms with Gasteiger partial charge in [-0.2, -0.15) is 0 Å². The highest BCUT2D eigenvalue weighted by atomic mass is 32.2. The Morgan fingerprint density at radius 1 is 1.20 bits per heavy atom. The van der Waals surface area contributed by atoms with Crippen molar-refractivity contribution >= 4 is 11.8 Å². The molecule has 1 heterocycles. The second-order valence-corrected chi connectivity index (χ2v) is 6.10. The molecule has 1 atom stereocenters. The molecule has 0 aliphatic carbocycles. The van der Waals surface area contributed by atoms with Crippen molar-refractivity contribution in [1.29, 1.82) is 0 Å². The minimum absolute atomic E-state index is 0.504. The number of hydrogen-bond acceptors (Lipinski definition) is 3. The molecule has 20 heavy (non-hydrogen) atoms. The lowest BCUT2D eigenvalue weighted by atomic mass is 10.0. The van der Waals surface area contributed by atoms with Crippen LogP contribution in [0, 0.1) is 0 Å². The molecule has 0 radical (unpaired) electrons. The van der Waals surface area contributed by atoms with Gasteiger partial charge in [0, 0.05) is 23.1 Å². The molecule has 1 aliphatic heterocycles. The maximum Gasteiger partial charge on any atom is 0.119 e. The molecule has 0 aromatic heterocycles. The average Bonchev–Trinajstić information content (AvgIpc) is 2.89. The zero-order valence-electron chi connectivity index (χ0n) is 11.6.